The summed E-state index contributed by atoms with van der Waals surface area (Å²) in [5, 5.41) is 3.34. The zero-order valence-corrected chi connectivity index (χ0v) is 13.3. The topological polar surface area (TPSA) is 41.1 Å². The summed E-state index contributed by atoms with van der Waals surface area (Å²) in [6.45, 7) is 11.7. The third-order valence-corrected chi connectivity index (χ3v) is 3.83. The molecule has 2 rings (SSSR count). The molecule has 1 aromatic heterocycles. The first kappa shape index (κ1) is 15.2. The lowest BCUT2D eigenvalue weighted by Crippen LogP contribution is -2.30. The van der Waals surface area contributed by atoms with Gasteiger partial charge in [-0.25, -0.2) is 9.97 Å². The van der Waals surface area contributed by atoms with Crippen LogP contribution in [0.2, 0.25) is 0 Å². The predicted octanol–water partition coefficient (Wildman–Crippen LogP) is 2.91. The molecular formula is C16H28N4. The highest BCUT2D eigenvalue weighted by molar-refractivity contribution is 5.36. The minimum atomic E-state index is 0.674. The number of rotatable bonds is 8. The molecule has 0 amide bonds. The Labute approximate surface area is 123 Å². The number of anilines is 1. The van der Waals surface area contributed by atoms with E-state index in [4.69, 9.17) is 4.98 Å². The maximum absolute atomic E-state index is 4.74. The van der Waals surface area contributed by atoms with Gasteiger partial charge in [-0.1, -0.05) is 20.8 Å². The summed E-state index contributed by atoms with van der Waals surface area (Å²) in [4.78, 5) is 11.8. The smallest absolute Gasteiger partial charge is 0.225 e. The molecule has 0 aromatic carbocycles. The van der Waals surface area contributed by atoms with Crippen molar-refractivity contribution in [1.82, 2.24) is 15.3 Å². The van der Waals surface area contributed by atoms with Crippen LogP contribution in [0.3, 0.4) is 0 Å². The maximum Gasteiger partial charge on any atom is 0.225 e. The summed E-state index contributed by atoms with van der Waals surface area (Å²) >= 11 is 0. The van der Waals surface area contributed by atoms with Gasteiger partial charge in [0.15, 0.2) is 0 Å². The molecule has 0 unspecified atom stereocenters. The lowest BCUT2D eigenvalue weighted by atomic mass is 10.1. The third kappa shape index (κ3) is 4.17. The number of aryl methyl sites for hydroxylation is 1. The van der Waals surface area contributed by atoms with Crippen LogP contribution in [0.15, 0.2) is 6.20 Å². The summed E-state index contributed by atoms with van der Waals surface area (Å²) in [5.74, 6) is 1.65. The average molecular weight is 276 g/mol. The highest BCUT2D eigenvalue weighted by Crippen LogP contribution is 2.30. The van der Waals surface area contributed by atoms with Crippen LogP contribution in [0, 0.1) is 12.8 Å². The van der Waals surface area contributed by atoms with E-state index in [1.807, 2.05) is 6.20 Å². The molecule has 1 heterocycles. The normalized spacial score (nSPS) is 14.8. The van der Waals surface area contributed by atoms with Crippen molar-refractivity contribution >= 4 is 5.95 Å². The Bertz CT molecular complexity index is 426. The van der Waals surface area contributed by atoms with Gasteiger partial charge in [0, 0.05) is 36.6 Å². The predicted molar refractivity (Wildman–Crippen MR) is 84.0 cm³/mol. The fourth-order valence-electron chi connectivity index (χ4n) is 2.28. The van der Waals surface area contributed by atoms with E-state index < -0.39 is 0 Å². The Morgan fingerprint density at radius 1 is 1.40 bits per heavy atom. The first-order valence-electron chi connectivity index (χ1n) is 7.91. The van der Waals surface area contributed by atoms with E-state index in [1.165, 1.54) is 24.8 Å². The molecule has 4 nitrogen and oxygen atoms in total. The number of aromatic nitrogens is 2. The molecule has 1 aliphatic rings. The molecule has 0 radical (unpaired) electrons. The van der Waals surface area contributed by atoms with Gasteiger partial charge in [0.1, 0.15) is 0 Å². The summed E-state index contributed by atoms with van der Waals surface area (Å²) in [6, 6.07) is 0.674. The van der Waals surface area contributed by atoms with Gasteiger partial charge in [-0.15, -0.1) is 0 Å². The van der Waals surface area contributed by atoms with Crippen LogP contribution in [0.5, 0.6) is 0 Å². The summed E-state index contributed by atoms with van der Waals surface area (Å²) in [5.41, 5.74) is 2.31. The summed E-state index contributed by atoms with van der Waals surface area (Å²) in [7, 11) is 0. The van der Waals surface area contributed by atoms with Gasteiger partial charge in [0.05, 0.1) is 0 Å². The molecule has 0 saturated heterocycles. The van der Waals surface area contributed by atoms with Crippen molar-refractivity contribution in [3.8, 4) is 0 Å². The third-order valence-electron chi connectivity index (χ3n) is 3.83. The van der Waals surface area contributed by atoms with Crippen molar-refractivity contribution in [2.75, 3.05) is 18.0 Å². The maximum atomic E-state index is 4.74. The Morgan fingerprint density at radius 3 is 2.70 bits per heavy atom. The second kappa shape index (κ2) is 7.02. The second-order valence-corrected chi connectivity index (χ2v) is 6.17. The van der Waals surface area contributed by atoms with Crippen LogP contribution in [0.1, 0.15) is 51.3 Å². The number of nitrogens with one attached hydrogen (secondary N) is 1. The molecule has 0 spiro atoms. The quantitative estimate of drug-likeness (QED) is 0.792. The molecule has 4 heteroatoms. The lowest BCUT2D eigenvalue weighted by molar-refractivity contribution is 0.565. The standard InChI is InChI=1S/C16H28N4/c1-5-17-10-14-11-18-16(19-13(14)4)20(15-6-7-15)9-8-12(2)3/h11-12,15,17H,5-10H2,1-4H3. The Morgan fingerprint density at radius 2 is 2.15 bits per heavy atom. The van der Waals surface area contributed by atoms with Crippen molar-refractivity contribution in [2.45, 2.75) is 59.5 Å². The molecule has 112 valence electrons. The number of nitrogens with zero attached hydrogens (tertiary/aromatic N) is 3. The molecule has 0 bridgehead atoms. The highest BCUT2D eigenvalue weighted by Gasteiger charge is 2.30. The largest absolute Gasteiger partial charge is 0.338 e. The van der Waals surface area contributed by atoms with Crippen LogP contribution in [-0.2, 0) is 6.54 Å². The van der Waals surface area contributed by atoms with Gasteiger partial charge in [0.25, 0.3) is 0 Å². The summed E-state index contributed by atoms with van der Waals surface area (Å²) in [6.07, 6.45) is 5.78. The van der Waals surface area contributed by atoms with Crippen molar-refractivity contribution in [3.63, 3.8) is 0 Å². The molecule has 1 N–H and O–H groups in total. The van der Waals surface area contributed by atoms with Gasteiger partial charge < -0.3 is 10.2 Å². The van der Waals surface area contributed by atoms with E-state index in [0.717, 1.165) is 37.2 Å². The monoisotopic (exact) mass is 276 g/mol. The first-order valence-corrected chi connectivity index (χ1v) is 7.91. The summed E-state index contributed by atoms with van der Waals surface area (Å²) < 4.78 is 0. The van der Waals surface area contributed by atoms with Crippen molar-refractivity contribution in [1.29, 1.82) is 0 Å². The van der Waals surface area contributed by atoms with E-state index in [2.05, 4.69) is 42.9 Å². The van der Waals surface area contributed by atoms with E-state index in [-0.39, 0.29) is 0 Å². The fraction of sp³-hybridized carbons (Fsp3) is 0.750. The molecule has 1 aliphatic carbocycles. The lowest BCUT2D eigenvalue weighted by Gasteiger charge is -2.24. The van der Waals surface area contributed by atoms with Gasteiger partial charge in [-0.2, -0.15) is 0 Å². The molecule has 20 heavy (non-hydrogen) atoms. The Hall–Kier alpha value is -1.16. The molecule has 1 aromatic rings. The molecule has 0 aliphatic heterocycles. The van der Waals surface area contributed by atoms with E-state index >= 15 is 0 Å². The van der Waals surface area contributed by atoms with Gasteiger partial charge in [-0.3, -0.25) is 0 Å². The van der Waals surface area contributed by atoms with E-state index in [1.54, 1.807) is 0 Å². The van der Waals surface area contributed by atoms with E-state index in [9.17, 15) is 0 Å². The zero-order valence-electron chi connectivity index (χ0n) is 13.3. The zero-order chi connectivity index (χ0) is 14.5. The average Bonchev–Trinajstić information content (AvgIpc) is 3.22. The van der Waals surface area contributed by atoms with Crippen LogP contribution in [-0.4, -0.2) is 29.1 Å². The van der Waals surface area contributed by atoms with Gasteiger partial charge in [-0.05, 0) is 38.6 Å². The van der Waals surface area contributed by atoms with Crippen molar-refractivity contribution in [2.24, 2.45) is 5.92 Å². The van der Waals surface area contributed by atoms with Crippen LogP contribution in [0.25, 0.3) is 0 Å². The molecule has 1 saturated carbocycles. The van der Waals surface area contributed by atoms with Crippen LogP contribution in [0.4, 0.5) is 5.95 Å². The highest BCUT2D eigenvalue weighted by atomic mass is 15.3. The van der Waals surface area contributed by atoms with Crippen molar-refractivity contribution < 1.29 is 0 Å². The molecule has 0 atom stereocenters. The molecular weight excluding hydrogens is 248 g/mol. The number of hydrogen-bond acceptors (Lipinski definition) is 4. The van der Waals surface area contributed by atoms with Gasteiger partial charge in [0.2, 0.25) is 5.95 Å². The van der Waals surface area contributed by atoms with Crippen LogP contribution < -0.4 is 10.2 Å². The van der Waals surface area contributed by atoms with Crippen LogP contribution >= 0.6 is 0 Å². The molecule has 1 fully saturated rings. The minimum absolute atomic E-state index is 0.674. The minimum Gasteiger partial charge on any atom is -0.338 e. The Balaban J connectivity index is 2.06. The fourth-order valence-corrected chi connectivity index (χ4v) is 2.28. The first-order chi connectivity index (χ1) is 9.61. The SMILES string of the molecule is CCNCc1cnc(N(CCC(C)C)C2CC2)nc1C. The van der Waals surface area contributed by atoms with E-state index in [0.29, 0.717) is 6.04 Å². The van der Waals surface area contributed by atoms with Crippen molar-refractivity contribution in [3.05, 3.63) is 17.5 Å². The number of hydrogen-bond donors (Lipinski definition) is 1. The van der Waals surface area contributed by atoms with Gasteiger partial charge >= 0.3 is 0 Å². The Kier molecular flexibility index (Phi) is 5.35. The second-order valence-electron chi connectivity index (χ2n) is 6.17.